The normalized spacial score (nSPS) is 10.9. The molecule has 0 spiro atoms. The third kappa shape index (κ3) is 2.79. The summed E-state index contributed by atoms with van der Waals surface area (Å²) < 4.78 is 2.53. The van der Waals surface area contributed by atoms with Gasteiger partial charge in [0.1, 0.15) is 8.24 Å². The molecule has 0 saturated carbocycles. The molecule has 0 radical (unpaired) electrons. The van der Waals surface area contributed by atoms with Crippen LogP contribution in [0.4, 0.5) is 0 Å². The molecule has 1 aromatic carbocycles. The number of aromatic nitrogens is 1. The van der Waals surface area contributed by atoms with Crippen LogP contribution in [0.2, 0.25) is 19.6 Å². The average molecular weight is 221 g/mol. The molecule has 2 rings (SSSR count). The van der Waals surface area contributed by atoms with Gasteiger partial charge < -0.3 is 4.14 Å². The van der Waals surface area contributed by atoms with Gasteiger partial charge in [0, 0.05) is 0 Å². The Hall–Kier alpha value is -0.491. The molecule has 4 heteroatoms. The SMILES string of the molecule is C[Si](C)(C)n1ccc[b-]1-c1ccccc1.[Li+]. The van der Waals surface area contributed by atoms with Crippen molar-refractivity contribution in [2.45, 2.75) is 19.6 Å². The van der Waals surface area contributed by atoms with Crippen LogP contribution in [0.25, 0.3) is 5.46 Å². The fourth-order valence-electron chi connectivity index (χ4n) is 2.00. The quantitative estimate of drug-likeness (QED) is 0.638. The fourth-order valence-corrected chi connectivity index (χ4v) is 3.60. The van der Waals surface area contributed by atoms with Crippen molar-refractivity contribution in [2.75, 3.05) is 0 Å². The summed E-state index contributed by atoms with van der Waals surface area (Å²) in [6, 6.07) is 12.9. The van der Waals surface area contributed by atoms with E-state index in [-0.39, 0.29) is 18.9 Å². The molecular formula is C12H17BLiNSi. The Morgan fingerprint density at radius 1 is 1.00 bits per heavy atom. The van der Waals surface area contributed by atoms with Crippen LogP contribution in [0.1, 0.15) is 0 Å². The number of hydrogen-bond donors (Lipinski definition) is 0. The van der Waals surface area contributed by atoms with E-state index in [1.54, 1.807) is 0 Å². The molecule has 16 heavy (non-hydrogen) atoms. The van der Waals surface area contributed by atoms with Crippen molar-refractivity contribution in [3.05, 3.63) is 48.6 Å². The summed E-state index contributed by atoms with van der Waals surface area (Å²) in [4.78, 5) is 0. The molecule has 0 aliphatic rings. The third-order valence-corrected chi connectivity index (χ3v) is 4.73. The second-order valence-corrected chi connectivity index (χ2v) is 9.83. The summed E-state index contributed by atoms with van der Waals surface area (Å²) in [5, 5.41) is 0. The van der Waals surface area contributed by atoms with Gasteiger partial charge in [-0.2, -0.15) is 0 Å². The summed E-state index contributed by atoms with van der Waals surface area (Å²) in [5.41, 5.74) is 1.39. The van der Waals surface area contributed by atoms with E-state index in [1.807, 2.05) is 0 Å². The number of nitrogens with zero attached hydrogens (tertiary/aromatic N) is 1. The van der Waals surface area contributed by atoms with E-state index in [0.29, 0.717) is 6.49 Å². The van der Waals surface area contributed by atoms with Gasteiger partial charge in [-0.05, 0) is 6.49 Å². The van der Waals surface area contributed by atoms with Crippen LogP contribution in [0.15, 0.2) is 48.6 Å². The van der Waals surface area contributed by atoms with Crippen molar-refractivity contribution in [1.29, 1.82) is 0 Å². The molecular weight excluding hydrogens is 204 g/mol. The molecule has 0 atom stereocenters. The predicted molar refractivity (Wildman–Crippen MR) is 70.5 cm³/mol. The van der Waals surface area contributed by atoms with Gasteiger partial charge in [-0.3, -0.25) is 0 Å². The molecule has 1 aromatic heterocycles. The first kappa shape index (κ1) is 13.6. The number of rotatable bonds is 2. The minimum Gasteiger partial charge on any atom is -0.587 e. The predicted octanol–water partition coefficient (Wildman–Crippen LogP) is 0.190. The Labute approximate surface area is 111 Å². The van der Waals surface area contributed by atoms with Crippen LogP contribution in [0.3, 0.4) is 0 Å². The van der Waals surface area contributed by atoms with Gasteiger partial charge in [-0.1, -0.05) is 62.2 Å². The molecule has 0 aliphatic heterocycles. The van der Waals surface area contributed by atoms with Crippen molar-refractivity contribution in [2.24, 2.45) is 0 Å². The van der Waals surface area contributed by atoms with Crippen LogP contribution < -0.4 is 18.9 Å². The van der Waals surface area contributed by atoms with Gasteiger partial charge >= 0.3 is 18.9 Å². The molecule has 2 aromatic rings. The maximum atomic E-state index is 2.53. The molecule has 0 fully saturated rings. The second-order valence-electron chi connectivity index (χ2n) is 4.97. The van der Waals surface area contributed by atoms with E-state index in [9.17, 15) is 0 Å². The van der Waals surface area contributed by atoms with Crippen molar-refractivity contribution in [3.63, 3.8) is 0 Å². The van der Waals surface area contributed by atoms with Crippen LogP contribution >= 0.6 is 0 Å². The summed E-state index contributed by atoms with van der Waals surface area (Å²) in [6.07, 6.45) is 2.24. The largest absolute Gasteiger partial charge is 1.00 e. The Morgan fingerprint density at radius 2 is 1.62 bits per heavy atom. The first-order valence-corrected chi connectivity index (χ1v) is 8.89. The second kappa shape index (κ2) is 5.23. The summed E-state index contributed by atoms with van der Waals surface area (Å²) in [7, 11) is -1.25. The first-order valence-electron chi connectivity index (χ1n) is 5.44. The average Bonchev–Trinajstić information content (AvgIpc) is 2.67. The standard InChI is InChI=1S/C12H17BNSi.Li/c1-15(2,3)14-11-7-10-13(14)12-8-5-4-6-9-12;/h4-11H,1-3H3;/q-1;+1. The van der Waals surface area contributed by atoms with Crippen molar-refractivity contribution < 1.29 is 18.9 Å². The Bertz CT molecular complexity index is 448. The Balaban J connectivity index is 0.00000128. The van der Waals surface area contributed by atoms with E-state index in [4.69, 9.17) is 0 Å². The van der Waals surface area contributed by atoms with Gasteiger partial charge in [0.15, 0.2) is 0 Å². The molecule has 0 N–H and O–H groups in total. The van der Waals surface area contributed by atoms with Crippen LogP contribution in [-0.2, 0) is 0 Å². The smallest absolute Gasteiger partial charge is 0.587 e. The van der Waals surface area contributed by atoms with Crippen LogP contribution in [0, 0.1) is 0 Å². The monoisotopic (exact) mass is 221 g/mol. The van der Waals surface area contributed by atoms with Gasteiger partial charge in [0.05, 0.1) is 0 Å². The summed E-state index contributed by atoms with van der Waals surface area (Å²) >= 11 is 0. The van der Waals surface area contributed by atoms with Crippen LogP contribution in [-0.4, -0.2) is 18.9 Å². The van der Waals surface area contributed by atoms with E-state index in [1.165, 1.54) is 5.46 Å². The maximum Gasteiger partial charge on any atom is 1.00 e. The molecule has 78 valence electrons. The first-order chi connectivity index (χ1) is 7.09. The number of hydrogen-bond acceptors (Lipinski definition) is 0. The molecule has 0 aliphatic carbocycles. The molecule has 0 amide bonds. The van der Waals surface area contributed by atoms with E-state index >= 15 is 0 Å². The third-order valence-electron chi connectivity index (χ3n) is 2.76. The van der Waals surface area contributed by atoms with Crippen molar-refractivity contribution in [3.8, 4) is 5.46 Å². The van der Waals surface area contributed by atoms with E-state index < -0.39 is 8.24 Å². The van der Waals surface area contributed by atoms with Gasteiger partial charge in [-0.25, -0.2) is 11.4 Å². The zero-order chi connectivity index (χ0) is 10.9. The zero-order valence-electron chi connectivity index (χ0n) is 10.6. The van der Waals surface area contributed by atoms with Crippen LogP contribution in [0.5, 0.6) is 0 Å². The maximum absolute atomic E-state index is 2.53. The van der Waals surface area contributed by atoms with Gasteiger partial charge in [-0.15, -0.1) is 0 Å². The molecule has 0 saturated heterocycles. The Kier molecular flexibility index (Phi) is 4.43. The molecule has 0 bridgehead atoms. The minimum atomic E-state index is -1.25. The molecule has 0 unspecified atom stereocenters. The summed E-state index contributed by atoms with van der Waals surface area (Å²) in [6.45, 7) is 7.60. The Morgan fingerprint density at radius 3 is 2.19 bits per heavy atom. The fraction of sp³-hybridized carbons (Fsp3) is 0.250. The van der Waals surface area contributed by atoms with Gasteiger partial charge in [0.2, 0.25) is 0 Å². The van der Waals surface area contributed by atoms with Crippen molar-refractivity contribution >= 4 is 14.7 Å². The van der Waals surface area contributed by atoms with Gasteiger partial charge in [0.25, 0.3) is 0 Å². The molecule has 1 heterocycles. The molecule has 1 nitrogen and oxygen atoms in total. The summed E-state index contributed by atoms with van der Waals surface area (Å²) in [5.74, 6) is 2.29. The number of benzene rings is 1. The minimum absolute atomic E-state index is 0. The van der Waals surface area contributed by atoms with E-state index in [0.717, 1.165) is 0 Å². The topological polar surface area (TPSA) is 4.93 Å². The zero-order valence-corrected chi connectivity index (χ0v) is 11.6. The van der Waals surface area contributed by atoms with Crippen molar-refractivity contribution in [1.82, 2.24) is 4.14 Å². The van der Waals surface area contributed by atoms with E-state index in [2.05, 4.69) is 72.3 Å².